The van der Waals surface area contributed by atoms with Crippen LogP contribution in [0, 0.1) is 11.7 Å². The molecule has 2 unspecified atom stereocenters. The third kappa shape index (κ3) is 2.77. The number of aliphatic hydroxyl groups is 1. The molecule has 0 spiro atoms. The van der Waals surface area contributed by atoms with E-state index >= 15 is 0 Å². The fraction of sp³-hybridized carbons (Fsp3) is 0.583. The van der Waals surface area contributed by atoms with Crippen molar-refractivity contribution in [1.29, 1.82) is 0 Å². The van der Waals surface area contributed by atoms with Crippen molar-refractivity contribution in [3.8, 4) is 0 Å². The van der Waals surface area contributed by atoms with Crippen LogP contribution in [-0.4, -0.2) is 16.6 Å². The number of nitrogens with two attached hydrogens (primary N) is 1. The first-order valence-corrected chi connectivity index (χ1v) is 5.56. The first-order valence-electron chi connectivity index (χ1n) is 5.56. The molecule has 0 aliphatic carbocycles. The van der Waals surface area contributed by atoms with Gasteiger partial charge in [0.15, 0.2) is 0 Å². The van der Waals surface area contributed by atoms with Gasteiger partial charge < -0.3 is 10.8 Å². The summed E-state index contributed by atoms with van der Waals surface area (Å²) in [5.41, 5.74) is 5.02. The second kappa shape index (κ2) is 5.37. The molecule has 0 saturated heterocycles. The van der Waals surface area contributed by atoms with Gasteiger partial charge >= 0.3 is 0 Å². The maximum Gasteiger partial charge on any atom is 0.141 e. The maximum atomic E-state index is 12.7. The molecule has 0 aliphatic heterocycles. The SMILES string of the molecule is CCCC(CN)C(C)(O)c1ccc(F)cn1. The quantitative estimate of drug-likeness (QED) is 0.805. The number of nitrogens with zero attached hydrogens (tertiary/aromatic N) is 1. The van der Waals surface area contributed by atoms with E-state index in [1.165, 1.54) is 12.1 Å². The molecule has 1 rings (SSSR count). The zero-order valence-electron chi connectivity index (χ0n) is 9.78. The average molecular weight is 226 g/mol. The zero-order chi connectivity index (χ0) is 12.2. The van der Waals surface area contributed by atoms with Crippen molar-refractivity contribution >= 4 is 0 Å². The summed E-state index contributed by atoms with van der Waals surface area (Å²) in [5, 5.41) is 10.4. The Balaban J connectivity index is 2.94. The maximum absolute atomic E-state index is 12.7. The first kappa shape index (κ1) is 13.1. The van der Waals surface area contributed by atoms with Crippen molar-refractivity contribution in [2.75, 3.05) is 6.54 Å². The predicted molar refractivity (Wildman–Crippen MR) is 61.2 cm³/mol. The summed E-state index contributed by atoms with van der Waals surface area (Å²) >= 11 is 0. The Hall–Kier alpha value is -1.00. The second-order valence-electron chi connectivity index (χ2n) is 4.23. The Morgan fingerprint density at radius 2 is 2.25 bits per heavy atom. The summed E-state index contributed by atoms with van der Waals surface area (Å²) < 4.78 is 12.7. The van der Waals surface area contributed by atoms with Crippen molar-refractivity contribution < 1.29 is 9.50 Å². The lowest BCUT2D eigenvalue weighted by molar-refractivity contribution is -0.0103. The third-order valence-corrected chi connectivity index (χ3v) is 2.96. The van der Waals surface area contributed by atoms with Crippen LogP contribution < -0.4 is 5.73 Å². The number of hydrogen-bond acceptors (Lipinski definition) is 3. The fourth-order valence-corrected chi connectivity index (χ4v) is 1.86. The molecule has 0 fully saturated rings. The summed E-state index contributed by atoms with van der Waals surface area (Å²) in [6.07, 6.45) is 2.88. The lowest BCUT2D eigenvalue weighted by Crippen LogP contribution is -2.37. The summed E-state index contributed by atoms with van der Waals surface area (Å²) in [6.45, 7) is 4.11. The van der Waals surface area contributed by atoms with Crippen LogP contribution in [0.2, 0.25) is 0 Å². The highest BCUT2D eigenvalue weighted by molar-refractivity contribution is 5.14. The van der Waals surface area contributed by atoms with Crippen LogP contribution in [0.5, 0.6) is 0 Å². The van der Waals surface area contributed by atoms with E-state index in [2.05, 4.69) is 4.98 Å². The lowest BCUT2D eigenvalue weighted by Gasteiger charge is -2.31. The first-order chi connectivity index (χ1) is 7.52. The van der Waals surface area contributed by atoms with E-state index in [1.807, 2.05) is 6.92 Å². The van der Waals surface area contributed by atoms with Crippen LogP contribution in [0.3, 0.4) is 0 Å². The summed E-state index contributed by atoms with van der Waals surface area (Å²) in [4.78, 5) is 3.92. The van der Waals surface area contributed by atoms with E-state index < -0.39 is 11.4 Å². The van der Waals surface area contributed by atoms with Crippen LogP contribution in [0.25, 0.3) is 0 Å². The monoisotopic (exact) mass is 226 g/mol. The Morgan fingerprint density at radius 3 is 2.69 bits per heavy atom. The molecule has 3 nitrogen and oxygen atoms in total. The van der Waals surface area contributed by atoms with Gasteiger partial charge in [0.25, 0.3) is 0 Å². The number of rotatable bonds is 5. The van der Waals surface area contributed by atoms with Gasteiger partial charge in [-0.15, -0.1) is 0 Å². The Labute approximate surface area is 95.5 Å². The summed E-state index contributed by atoms with van der Waals surface area (Å²) in [5.74, 6) is -0.463. The second-order valence-corrected chi connectivity index (χ2v) is 4.23. The molecule has 3 N–H and O–H groups in total. The minimum absolute atomic E-state index is 0.0598. The average Bonchev–Trinajstić information content (AvgIpc) is 2.26. The molecule has 16 heavy (non-hydrogen) atoms. The van der Waals surface area contributed by atoms with Crippen molar-refractivity contribution in [2.24, 2.45) is 11.7 Å². The van der Waals surface area contributed by atoms with E-state index in [1.54, 1.807) is 6.92 Å². The van der Waals surface area contributed by atoms with E-state index in [0.29, 0.717) is 12.2 Å². The molecule has 0 aromatic carbocycles. The highest BCUT2D eigenvalue weighted by Gasteiger charge is 2.33. The van der Waals surface area contributed by atoms with Gasteiger partial charge in [-0.05, 0) is 32.0 Å². The third-order valence-electron chi connectivity index (χ3n) is 2.96. The number of aromatic nitrogens is 1. The number of halogens is 1. The molecule has 0 saturated carbocycles. The molecular weight excluding hydrogens is 207 g/mol. The smallest absolute Gasteiger partial charge is 0.141 e. The fourth-order valence-electron chi connectivity index (χ4n) is 1.86. The van der Waals surface area contributed by atoms with Crippen LogP contribution in [-0.2, 0) is 5.60 Å². The van der Waals surface area contributed by atoms with Gasteiger partial charge in [-0.2, -0.15) is 0 Å². The van der Waals surface area contributed by atoms with Crippen molar-refractivity contribution in [3.63, 3.8) is 0 Å². The minimum atomic E-state index is -1.10. The minimum Gasteiger partial charge on any atom is -0.384 e. The van der Waals surface area contributed by atoms with Crippen molar-refractivity contribution in [3.05, 3.63) is 29.8 Å². The highest BCUT2D eigenvalue weighted by atomic mass is 19.1. The Kier molecular flexibility index (Phi) is 4.38. The molecule has 90 valence electrons. The molecule has 0 bridgehead atoms. The zero-order valence-corrected chi connectivity index (χ0v) is 9.78. The molecule has 1 aromatic heterocycles. The van der Waals surface area contributed by atoms with E-state index in [4.69, 9.17) is 5.73 Å². The van der Waals surface area contributed by atoms with Crippen LogP contribution in [0.1, 0.15) is 32.4 Å². The number of hydrogen-bond donors (Lipinski definition) is 2. The molecule has 4 heteroatoms. The normalized spacial score (nSPS) is 16.8. The largest absolute Gasteiger partial charge is 0.384 e. The van der Waals surface area contributed by atoms with Gasteiger partial charge in [-0.1, -0.05) is 13.3 Å². The molecular formula is C12H19FN2O. The van der Waals surface area contributed by atoms with E-state index in [9.17, 15) is 9.50 Å². The van der Waals surface area contributed by atoms with Gasteiger partial charge in [-0.3, -0.25) is 4.98 Å². The standard InChI is InChI=1S/C12H19FN2O/c1-3-4-9(7-14)12(2,16)11-6-5-10(13)8-15-11/h5-6,8-9,16H,3-4,7,14H2,1-2H3. The lowest BCUT2D eigenvalue weighted by atomic mass is 9.83. The van der Waals surface area contributed by atoms with Gasteiger partial charge in [0.2, 0.25) is 0 Å². The van der Waals surface area contributed by atoms with Gasteiger partial charge in [0, 0.05) is 5.92 Å². The summed E-state index contributed by atoms with van der Waals surface area (Å²) in [6, 6.07) is 2.81. The molecule has 0 radical (unpaired) electrons. The van der Waals surface area contributed by atoms with Crippen molar-refractivity contribution in [2.45, 2.75) is 32.3 Å². The predicted octanol–water partition coefficient (Wildman–Crippen LogP) is 1.80. The Bertz CT molecular complexity index is 324. The molecule has 0 aliphatic rings. The molecule has 2 atom stereocenters. The highest BCUT2D eigenvalue weighted by Crippen LogP contribution is 2.30. The van der Waals surface area contributed by atoms with E-state index in [0.717, 1.165) is 19.0 Å². The topological polar surface area (TPSA) is 59.1 Å². The molecule has 0 amide bonds. The summed E-state index contributed by atoms with van der Waals surface area (Å²) in [7, 11) is 0. The van der Waals surface area contributed by atoms with Gasteiger partial charge in [0.05, 0.1) is 11.9 Å². The molecule has 1 heterocycles. The Morgan fingerprint density at radius 1 is 1.56 bits per heavy atom. The van der Waals surface area contributed by atoms with Gasteiger partial charge in [-0.25, -0.2) is 4.39 Å². The van der Waals surface area contributed by atoms with E-state index in [-0.39, 0.29) is 5.92 Å². The van der Waals surface area contributed by atoms with Crippen LogP contribution in [0.4, 0.5) is 4.39 Å². The van der Waals surface area contributed by atoms with Crippen LogP contribution >= 0.6 is 0 Å². The van der Waals surface area contributed by atoms with Crippen molar-refractivity contribution in [1.82, 2.24) is 4.98 Å². The molecule has 1 aromatic rings. The van der Waals surface area contributed by atoms with Crippen LogP contribution in [0.15, 0.2) is 18.3 Å². The van der Waals surface area contributed by atoms with Gasteiger partial charge in [0.1, 0.15) is 11.4 Å². The number of pyridine rings is 1.